The van der Waals surface area contributed by atoms with Crippen molar-refractivity contribution < 1.29 is 9.52 Å². The number of furan rings is 1. The number of nitrogen functional groups attached to an aromatic ring is 1. The number of hydrogen-bond donors (Lipinski definition) is 2. The summed E-state index contributed by atoms with van der Waals surface area (Å²) >= 11 is 0. The van der Waals surface area contributed by atoms with E-state index in [0.29, 0.717) is 17.4 Å². The summed E-state index contributed by atoms with van der Waals surface area (Å²) in [4.78, 5) is 8.61. The summed E-state index contributed by atoms with van der Waals surface area (Å²) in [5.74, 6) is 1.11. The zero-order valence-corrected chi connectivity index (χ0v) is 17.5. The number of rotatable bonds is 3. The Morgan fingerprint density at radius 3 is 2.75 bits per heavy atom. The Labute approximate surface area is 184 Å². The number of benzene rings is 1. The van der Waals surface area contributed by atoms with E-state index < -0.39 is 0 Å². The van der Waals surface area contributed by atoms with E-state index in [1.165, 1.54) is 0 Å². The van der Waals surface area contributed by atoms with Crippen LogP contribution in [0.1, 0.15) is 31.7 Å². The molecule has 7 nitrogen and oxygen atoms in total. The highest BCUT2D eigenvalue weighted by Gasteiger charge is 2.22. The molecule has 3 N–H and O–H groups in total. The van der Waals surface area contributed by atoms with Crippen LogP contribution in [0.5, 0.6) is 0 Å². The molecule has 1 aliphatic rings. The van der Waals surface area contributed by atoms with Gasteiger partial charge in [-0.05, 0) is 43.2 Å². The maximum absolute atomic E-state index is 9.80. The van der Waals surface area contributed by atoms with Crippen molar-refractivity contribution in [1.82, 2.24) is 19.7 Å². The smallest absolute Gasteiger partial charge is 0.177 e. The van der Waals surface area contributed by atoms with Gasteiger partial charge in [-0.15, -0.1) is 0 Å². The van der Waals surface area contributed by atoms with Crippen LogP contribution >= 0.6 is 0 Å². The Hall–Kier alpha value is -3.71. The molecular weight excluding hydrogens is 402 g/mol. The molecule has 4 heterocycles. The Morgan fingerprint density at radius 1 is 1.00 bits per heavy atom. The van der Waals surface area contributed by atoms with Crippen molar-refractivity contribution in [1.29, 1.82) is 0 Å². The van der Waals surface area contributed by atoms with E-state index in [2.05, 4.69) is 21.3 Å². The first-order chi connectivity index (χ1) is 15.7. The van der Waals surface area contributed by atoms with Crippen LogP contribution < -0.4 is 5.73 Å². The summed E-state index contributed by atoms with van der Waals surface area (Å²) in [5.41, 5.74) is 9.67. The molecule has 32 heavy (non-hydrogen) atoms. The molecule has 0 saturated heterocycles. The van der Waals surface area contributed by atoms with Crippen molar-refractivity contribution in [3.05, 3.63) is 61.3 Å². The summed E-state index contributed by atoms with van der Waals surface area (Å²) < 4.78 is 8.24. The zero-order chi connectivity index (χ0) is 21.7. The molecule has 1 saturated carbocycles. The van der Waals surface area contributed by atoms with E-state index in [1.807, 2.05) is 47.4 Å². The van der Waals surface area contributed by atoms with Crippen molar-refractivity contribution >= 4 is 27.6 Å². The van der Waals surface area contributed by atoms with Crippen LogP contribution in [0.2, 0.25) is 0 Å². The summed E-state index contributed by atoms with van der Waals surface area (Å²) in [6.07, 6.45) is 12.7. The van der Waals surface area contributed by atoms with Crippen molar-refractivity contribution in [2.45, 2.75) is 37.8 Å². The number of nitrogens with zero attached hydrogens (tertiary/aromatic N) is 4. The zero-order valence-electron chi connectivity index (χ0n) is 17.5. The van der Waals surface area contributed by atoms with Gasteiger partial charge in [0.2, 0.25) is 0 Å². The van der Waals surface area contributed by atoms with Gasteiger partial charge in [-0.2, -0.15) is 5.10 Å². The fourth-order valence-corrected chi connectivity index (χ4v) is 4.74. The van der Waals surface area contributed by atoms with E-state index in [1.54, 1.807) is 12.4 Å². The van der Waals surface area contributed by atoms with Crippen LogP contribution in [0.25, 0.3) is 44.2 Å². The minimum Gasteiger partial charge on any atom is -0.452 e. The molecule has 4 aromatic heterocycles. The standard InChI is InChI=1S/C25H23N5O2/c26-25-24-21(10-23(32-24)20-3-1-2-15-11-27-9-8-19(15)20)22(13-28-25)16-12-29-30(14-16)17-4-6-18(31)7-5-17/h1-3,8-14,17-18,31H,4-7H2,(H2,26,28). The average Bonchev–Trinajstić information content (AvgIpc) is 3.48. The number of aliphatic hydroxyl groups excluding tert-OH is 1. The van der Waals surface area contributed by atoms with E-state index in [4.69, 9.17) is 10.2 Å². The average molecular weight is 425 g/mol. The Morgan fingerprint density at radius 2 is 1.88 bits per heavy atom. The van der Waals surface area contributed by atoms with E-state index in [0.717, 1.165) is 64.3 Å². The van der Waals surface area contributed by atoms with Gasteiger partial charge in [-0.1, -0.05) is 18.2 Å². The van der Waals surface area contributed by atoms with Crippen molar-refractivity contribution in [2.24, 2.45) is 0 Å². The molecule has 0 atom stereocenters. The number of pyridine rings is 2. The van der Waals surface area contributed by atoms with Gasteiger partial charge in [0.1, 0.15) is 5.76 Å². The summed E-state index contributed by atoms with van der Waals surface area (Å²) in [7, 11) is 0. The number of fused-ring (bicyclic) bond motifs is 2. The van der Waals surface area contributed by atoms with Gasteiger partial charge in [-0.3, -0.25) is 9.67 Å². The first-order valence-corrected chi connectivity index (χ1v) is 10.9. The minimum atomic E-state index is -0.184. The van der Waals surface area contributed by atoms with Gasteiger partial charge in [-0.25, -0.2) is 4.98 Å². The van der Waals surface area contributed by atoms with Crippen molar-refractivity contribution in [3.8, 4) is 22.5 Å². The fraction of sp³-hybridized carbons (Fsp3) is 0.240. The molecule has 0 unspecified atom stereocenters. The van der Waals surface area contributed by atoms with E-state index in [-0.39, 0.29) is 6.10 Å². The molecule has 0 amide bonds. The highest BCUT2D eigenvalue weighted by molar-refractivity contribution is 6.03. The Balaban J connectivity index is 1.44. The fourth-order valence-electron chi connectivity index (χ4n) is 4.74. The number of nitrogens with two attached hydrogens (primary N) is 1. The molecular formula is C25H23N5O2. The van der Waals surface area contributed by atoms with Crippen molar-refractivity contribution in [3.63, 3.8) is 0 Å². The van der Waals surface area contributed by atoms with Crippen LogP contribution in [0.3, 0.4) is 0 Å². The highest BCUT2D eigenvalue weighted by atomic mass is 16.3. The molecule has 1 fully saturated rings. The quantitative estimate of drug-likeness (QED) is 0.423. The summed E-state index contributed by atoms with van der Waals surface area (Å²) in [6.45, 7) is 0. The first kappa shape index (κ1) is 19.0. The lowest BCUT2D eigenvalue weighted by Crippen LogP contribution is -2.21. The molecule has 0 bridgehead atoms. The second kappa shape index (κ2) is 7.46. The monoisotopic (exact) mass is 425 g/mol. The Bertz CT molecular complexity index is 1420. The largest absolute Gasteiger partial charge is 0.452 e. The lowest BCUT2D eigenvalue weighted by molar-refractivity contribution is 0.108. The van der Waals surface area contributed by atoms with Gasteiger partial charge in [0, 0.05) is 52.3 Å². The second-order valence-corrected chi connectivity index (χ2v) is 8.48. The number of anilines is 1. The maximum Gasteiger partial charge on any atom is 0.177 e. The summed E-state index contributed by atoms with van der Waals surface area (Å²) in [6, 6.07) is 10.4. The predicted octanol–water partition coefficient (Wildman–Crippen LogP) is 4.96. The van der Waals surface area contributed by atoms with Crippen LogP contribution in [0, 0.1) is 0 Å². The van der Waals surface area contributed by atoms with Crippen LogP contribution in [0.4, 0.5) is 5.82 Å². The number of aliphatic hydroxyl groups is 1. The third-order valence-electron chi connectivity index (χ3n) is 6.49. The van der Waals surface area contributed by atoms with Crippen LogP contribution in [-0.2, 0) is 0 Å². The first-order valence-electron chi connectivity index (χ1n) is 10.9. The van der Waals surface area contributed by atoms with E-state index in [9.17, 15) is 5.11 Å². The molecule has 0 aliphatic heterocycles. The lowest BCUT2D eigenvalue weighted by atomic mass is 9.93. The highest BCUT2D eigenvalue weighted by Crippen LogP contribution is 2.39. The third-order valence-corrected chi connectivity index (χ3v) is 6.49. The van der Waals surface area contributed by atoms with E-state index >= 15 is 0 Å². The molecule has 7 heteroatoms. The van der Waals surface area contributed by atoms with Gasteiger partial charge in [0.05, 0.1) is 18.3 Å². The SMILES string of the molecule is Nc1ncc(-c2cnn(C3CCC(O)CC3)c2)c2cc(-c3cccc4cnccc34)oc12. The van der Waals surface area contributed by atoms with Gasteiger partial charge < -0.3 is 15.3 Å². The maximum atomic E-state index is 9.80. The molecule has 1 aromatic carbocycles. The van der Waals surface area contributed by atoms with Gasteiger partial charge >= 0.3 is 0 Å². The summed E-state index contributed by atoms with van der Waals surface area (Å²) in [5, 5.41) is 17.5. The molecule has 0 radical (unpaired) electrons. The molecule has 0 spiro atoms. The van der Waals surface area contributed by atoms with Gasteiger partial charge in [0.15, 0.2) is 11.4 Å². The van der Waals surface area contributed by atoms with Crippen LogP contribution in [0.15, 0.2) is 65.7 Å². The Kier molecular flexibility index (Phi) is 4.43. The topological polar surface area (TPSA) is 103 Å². The molecule has 6 rings (SSSR count). The second-order valence-electron chi connectivity index (χ2n) is 8.48. The third kappa shape index (κ3) is 3.13. The molecule has 1 aliphatic carbocycles. The minimum absolute atomic E-state index is 0.184. The number of hydrogen-bond acceptors (Lipinski definition) is 6. The normalized spacial score (nSPS) is 19.0. The number of aromatic nitrogens is 4. The van der Waals surface area contributed by atoms with Crippen LogP contribution in [-0.4, -0.2) is 31.0 Å². The molecule has 5 aromatic rings. The molecule has 160 valence electrons. The lowest BCUT2D eigenvalue weighted by Gasteiger charge is -2.25. The van der Waals surface area contributed by atoms with Crippen molar-refractivity contribution in [2.75, 3.05) is 5.73 Å². The predicted molar refractivity (Wildman–Crippen MR) is 124 cm³/mol. The van der Waals surface area contributed by atoms with Gasteiger partial charge in [0.25, 0.3) is 0 Å².